The Morgan fingerprint density at radius 1 is 1.09 bits per heavy atom. The molecule has 0 N–H and O–H groups in total. The summed E-state index contributed by atoms with van der Waals surface area (Å²) in [5.41, 5.74) is 2.79. The van der Waals surface area contributed by atoms with Crippen molar-refractivity contribution in [1.82, 2.24) is 24.6 Å². The predicted molar refractivity (Wildman–Crippen MR) is 164 cm³/mol. The van der Waals surface area contributed by atoms with E-state index in [9.17, 15) is 19.7 Å². The zero-order valence-electron chi connectivity index (χ0n) is 24.0. The number of carbonyl (C=O) groups excluding carboxylic acids is 2. The number of nitro groups is 1. The van der Waals surface area contributed by atoms with E-state index < -0.39 is 4.92 Å². The molecule has 0 aliphatic carbocycles. The molecule has 2 aromatic carbocycles. The number of furan rings is 1. The van der Waals surface area contributed by atoms with Crippen LogP contribution in [0.1, 0.15) is 30.9 Å². The van der Waals surface area contributed by atoms with Crippen molar-refractivity contribution in [3.63, 3.8) is 0 Å². The zero-order chi connectivity index (χ0) is 30.3. The first-order chi connectivity index (χ1) is 20.8. The molecule has 3 heterocycles. The third-order valence-electron chi connectivity index (χ3n) is 7.22. The first-order valence-corrected chi connectivity index (χ1v) is 15.0. The van der Waals surface area contributed by atoms with Crippen molar-refractivity contribution in [3.8, 4) is 17.3 Å². The van der Waals surface area contributed by atoms with E-state index in [0.717, 1.165) is 16.4 Å². The summed E-state index contributed by atoms with van der Waals surface area (Å²) in [5, 5.41) is 20.3. The largest absolute Gasteiger partial charge is 0.461 e. The van der Waals surface area contributed by atoms with Crippen LogP contribution in [0, 0.1) is 17.0 Å². The van der Waals surface area contributed by atoms with Gasteiger partial charge in [0.25, 0.3) is 5.69 Å². The Kier molecular flexibility index (Phi) is 9.35. The minimum Gasteiger partial charge on any atom is -0.461 e. The Hall–Kier alpha value is -4.71. The van der Waals surface area contributed by atoms with Crippen molar-refractivity contribution < 1.29 is 18.9 Å². The molecule has 1 aliphatic rings. The number of aromatic nitrogens is 3. The van der Waals surface area contributed by atoms with Gasteiger partial charge in [0.2, 0.25) is 17.6 Å². The van der Waals surface area contributed by atoms with Gasteiger partial charge in [0, 0.05) is 61.7 Å². The molecule has 1 unspecified atom stereocenters. The van der Waals surface area contributed by atoms with Crippen LogP contribution in [-0.4, -0.2) is 72.7 Å². The second-order valence-corrected chi connectivity index (χ2v) is 11.4. The van der Waals surface area contributed by atoms with Crippen molar-refractivity contribution in [3.05, 3.63) is 94.2 Å². The number of benzene rings is 2. The van der Waals surface area contributed by atoms with Gasteiger partial charge in [-0.05, 0) is 68.3 Å². The van der Waals surface area contributed by atoms with Gasteiger partial charge in [0.15, 0.2) is 10.9 Å². The molecule has 1 aliphatic heterocycles. The van der Waals surface area contributed by atoms with Crippen molar-refractivity contribution in [2.75, 3.05) is 25.4 Å². The van der Waals surface area contributed by atoms with E-state index in [1.165, 1.54) is 18.2 Å². The molecule has 11 nitrogen and oxygen atoms in total. The van der Waals surface area contributed by atoms with E-state index in [2.05, 4.69) is 10.2 Å². The third kappa shape index (κ3) is 7.20. The highest BCUT2D eigenvalue weighted by Gasteiger charge is 2.28. The van der Waals surface area contributed by atoms with Crippen LogP contribution in [-0.2, 0) is 9.59 Å². The highest BCUT2D eigenvalue weighted by molar-refractivity contribution is 7.99. The Bertz CT molecular complexity index is 1600. The zero-order valence-corrected chi connectivity index (χ0v) is 24.8. The lowest BCUT2D eigenvalue weighted by molar-refractivity contribution is -0.384. The maximum Gasteiger partial charge on any atom is 0.269 e. The lowest BCUT2D eigenvalue weighted by Crippen LogP contribution is -2.55. The number of hydrogen-bond acceptors (Lipinski definition) is 8. The number of thioether (sulfide) groups is 1. The van der Waals surface area contributed by atoms with Gasteiger partial charge in [-0.15, -0.1) is 10.2 Å². The number of nitro benzene ring substituents is 1. The van der Waals surface area contributed by atoms with Gasteiger partial charge in [-0.25, -0.2) is 0 Å². The topological polar surface area (TPSA) is 128 Å². The summed E-state index contributed by atoms with van der Waals surface area (Å²) < 4.78 is 7.56. The average Bonchev–Trinajstić information content (AvgIpc) is 3.69. The quantitative estimate of drug-likeness (QED) is 0.0780. The third-order valence-corrected chi connectivity index (χ3v) is 8.23. The second-order valence-electron chi connectivity index (χ2n) is 10.3. The van der Waals surface area contributed by atoms with Crippen LogP contribution < -0.4 is 0 Å². The number of non-ortho nitro benzene ring substituents is 1. The normalized spacial score (nSPS) is 15.3. The number of nitrogens with zero attached hydrogens (tertiary/aromatic N) is 6. The Morgan fingerprint density at radius 2 is 1.86 bits per heavy atom. The van der Waals surface area contributed by atoms with Crippen LogP contribution in [0.25, 0.3) is 23.3 Å². The van der Waals surface area contributed by atoms with Crippen LogP contribution in [0.5, 0.6) is 0 Å². The van der Waals surface area contributed by atoms with E-state index in [0.29, 0.717) is 55.4 Å². The number of carbonyl (C=O) groups is 2. The molecule has 43 heavy (non-hydrogen) atoms. The molecular formula is C31H32N6O5S. The monoisotopic (exact) mass is 600 g/mol. The van der Waals surface area contributed by atoms with Gasteiger partial charge < -0.3 is 14.2 Å². The minimum atomic E-state index is -0.460. The Labute approximate surface area is 253 Å². The first-order valence-electron chi connectivity index (χ1n) is 14.0. The average molecular weight is 601 g/mol. The smallest absolute Gasteiger partial charge is 0.269 e. The van der Waals surface area contributed by atoms with Crippen LogP contribution in [0.15, 0.2) is 82.6 Å². The number of hydrogen-bond donors (Lipinski definition) is 0. The molecule has 4 aromatic rings. The molecule has 2 amide bonds. The molecular weight excluding hydrogens is 568 g/mol. The van der Waals surface area contributed by atoms with Gasteiger partial charge in [0.05, 0.1) is 11.2 Å². The molecule has 5 rings (SSSR count). The van der Waals surface area contributed by atoms with Crippen LogP contribution in [0.4, 0.5) is 5.69 Å². The molecule has 1 atom stereocenters. The highest BCUT2D eigenvalue weighted by atomic mass is 32.2. The summed E-state index contributed by atoms with van der Waals surface area (Å²) in [4.78, 5) is 39.7. The summed E-state index contributed by atoms with van der Waals surface area (Å²) in [5.74, 6) is 1.85. The molecule has 0 spiro atoms. The maximum atomic E-state index is 13.0. The van der Waals surface area contributed by atoms with E-state index in [1.807, 2.05) is 59.7 Å². The maximum absolute atomic E-state index is 13.0. The molecule has 222 valence electrons. The van der Waals surface area contributed by atoms with Crippen molar-refractivity contribution in [2.45, 2.75) is 37.9 Å². The van der Waals surface area contributed by atoms with E-state index in [1.54, 1.807) is 41.1 Å². The van der Waals surface area contributed by atoms with E-state index in [4.69, 9.17) is 4.42 Å². The van der Waals surface area contributed by atoms with Crippen LogP contribution in [0.3, 0.4) is 0 Å². The number of piperazine rings is 1. The van der Waals surface area contributed by atoms with Crippen molar-refractivity contribution in [2.24, 2.45) is 0 Å². The Balaban J connectivity index is 1.12. The summed E-state index contributed by atoms with van der Waals surface area (Å²) >= 11 is 1.55. The molecule has 0 bridgehead atoms. The minimum absolute atomic E-state index is 0.00112. The van der Waals surface area contributed by atoms with Gasteiger partial charge in [-0.1, -0.05) is 29.5 Å². The van der Waals surface area contributed by atoms with E-state index >= 15 is 0 Å². The first kappa shape index (κ1) is 29.8. The highest BCUT2D eigenvalue weighted by Crippen LogP contribution is 2.29. The number of aryl methyl sites for hydroxylation is 1. The SMILES string of the molecule is Cc1ccc(-n2c(SCCCC(=O)N3CCN(C(=O)/C=C/c4ccc([N+](=O)[O-])cc4)C(C)C3)nnc2-c2ccco2)cc1. The Morgan fingerprint density at radius 3 is 2.53 bits per heavy atom. The summed E-state index contributed by atoms with van der Waals surface area (Å²) in [6.07, 6.45) is 5.80. The molecule has 0 saturated carbocycles. The lowest BCUT2D eigenvalue weighted by Gasteiger charge is -2.39. The number of amides is 2. The summed E-state index contributed by atoms with van der Waals surface area (Å²) in [6.45, 7) is 5.36. The molecule has 2 aromatic heterocycles. The lowest BCUT2D eigenvalue weighted by atomic mass is 10.1. The standard InChI is InChI=1S/C31H32N6O5S/c1-22-7-12-25(13-8-22)36-30(27-5-3-19-42-27)32-33-31(36)43-20-4-6-28(38)34-17-18-35(23(2)21-34)29(39)16-11-24-9-14-26(15-10-24)37(40)41/h3,5,7-16,19,23H,4,6,17-18,20-21H2,1-2H3/b16-11+. The van der Waals surface area contributed by atoms with Gasteiger partial charge in [-0.3, -0.25) is 24.3 Å². The van der Waals surface area contributed by atoms with Crippen molar-refractivity contribution in [1.29, 1.82) is 0 Å². The van der Waals surface area contributed by atoms with Gasteiger partial charge in [-0.2, -0.15) is 0 Å². The van der Waals surface area contributed by atoms with Gasteiger partial charge in [0.1, 0.15) is 0 Å². The van der Waals surface area contributed by atoms with Gasteiger partial charge >= 0.3 is 0 Å². The second kappa shape index (κ2) is 13.5. The predicted octanol–water partition coefficient (Wildman–Crippen LogP) is 5.39. The van der Waals surface area contributed by atoms with Crippen LogP contribution >= 0.6 is 11.8 Å². The molecule has 12 heteroatoms. The fraction of sp³-hybridized carbons (Fsp3) is 0.290. The molecule has 0 radical (unpaired) electrons. The number of rotatable bonds is 10. The fourth-order valence-electron chi connectivity index (χ4n) is 4.88. The fourth-order valence-corrected chi connectivity index (χ4v) is 5.77. The summed E-state index contributed by atoms with van der Waals surface area (Å²) in [7, 11) is 0. The molecule has 1 saturated heterocycles. The van der Waals surface area contributed by atoms with Crippen molar-refractivity contribution >= 4 is 35.3 Å². The van der Waals surface area contributed by atoms with E-state index in [-0.39, 0.29) is 23.5 Å². The molecule has 1 fully saturated rings. The van der Waals surface area contributed by atoms with Crippen LogP contribution in [0.2, 0.25) is 0 Å². The summed E-state index contributed by atoms with van der Waals surface area (Å²) in [6, 6.07) is 17.7.